The van der Waals surface area contributed by atoms with Crippen molar-refractivity contribution in [1.82, 2.24) is 10.6 Å². The van der Waals surface area contributed by atoms with Crippen molar-refractivity contribution in [2.75, 3.05) is 27.3 Å². The van der Waals surface area contributed by atoms with Crippen molar-refractivity contribution in [2.45, 2.75) is 19.6 Å². The van der Waals surface area contributed by atoms with Crippen molar-refractivity contribution < 1.29 is 14.2 Å². The maximum Gasteiger partial charge on any atom is 0.191 e. The van der Waals surface area contributed by atoms with Gasteiger partial charge in [0, 0.05) is 19.2 Å². The first kappa shape index (κ1) is 21.2. The molecule has 2 aromatic carbocycles. The molecule has 28 heavy (non-hydrogen) atoms. The lowest BCUT2D eigenvalue weighted by Gasteiger charge is -2.19. The molecule has 0 saturated heterocycles. The summed E-state index contributed by atoms with van der Waals surface area (Å²) >= 11 is 0. The topological polar surface area (TPSA) is 64.1 Å². The Bertz CT molecular complexity index is 777. The molecular weight excluding hydrogens is 354 g/mol. The second kappa shape index (κ2) is 11.5. The van der Waals surface area contributed by atoms with E-state index in [2.05, 4.69) is 22.2 Å². The Kier molecular flexibility index (Phi) is 8.72. The summed E-state index contributed by atoms with van der Waals surface area (Å²) in [5.41, 5.74) is 1.05. The van der Waals surface area contributed by atoms with Crippen LogP contribution in [0.25, 0.3) is 0 Å². The molecule has 0 aliphatic carbocycles. The third-order valence-corrected chi connectivity index (χ3v) is 3.95. The van der Waals surface area contributed by atoms with Gasteiger partial charge in [0.15, 0.2) is 17.5 Å². The third kappa shape index (κ3) is 6.54. The quantitative estimate of drug-likeness (QED) is 0.374. The predicted molar refractivity (Wildman–Crippen MR) is 113 cm³/mol. The van der Waals surface area contributed by atoms with Crippen LogP contribution >= 0.6 is 0 Å². The molecular formula is C22H29N3O3. The number of rotatable bonds is 10. The molecule has 2 rings (SSSR count). The molecule has 0 saturated carbocycles. The van der Waals surface area contributed by atoms with Crippen LogP contribution in [0, 0.1) is 0 Å². The number of benzene rings is 2. The van der Waals surface area contributed by atoms with Crippen LogP contribution in [-0.2, 0) is 6.54 Å². The Labute approximate surface area is 167 Å². The zero-order chi connectivity index (χ0) is 20.2. The number of hydrogen-bond donors (Lipinski definition) is 2. The van der Waals surface area contributed by atoms with Crippen molar-refractivity contribution >= 4 is 5.96 Å². The van der Waals surface area contributed by atoms with Gasteiger partial charge in [0.25, 0.3) is 0 Å². The lowest BCUT2D eigenvalue weighted by atomic mass is 10.2. The average molecular weight is 383 g/mol. The van der Waals surface area contributed by atoms with Crippen LogP contribution in [0.4, 0.5) is 0 Å². The van der Waals surface area contributed by atoms with Crippen LogP contribution in [0.15, 0.2) is 66.2 Å². The van der Waals surface area contributed by atoms with Crippen LogP contribution in [0.5, 0.6) is 17.2 Å². The molecule has 0 spiro atoms. The summed E-state index contributed by atoms with van der Waals surface area (Å²) in [5, 5.41) is 6.57. The van der Waals surface area contributed by atoms with E-state index in [1.54, 1.807) is 20.2 Å². The van der Waals surface area contributed by atoms with Gasteiger partial charge in [-0.15, -0.1) is 0 Å². The highest BCUT2D eigenvalue weighted by Gasteiger charge is 2.10. The van der Waals surface area contributed by atoms with E-state index in [0.29, 0.717) is 31.4 Å². The van der Waals surface area contributed by atoms with Crippen LogP contribution in [0.3, 0.4) is 0 Å². The number of aliphatic imine (C=N–C) groups is 1. The van der Waals surface area contributed by atoms with Crippen LogP contribution in [0.2, 0.25) is 0 Å². The van der Waals surface area contributed by atoms with Crippen molar-refractivity contribution in [3.8, 4) is 17.2 Å². The summed E-state index contributed by atoms with van der Waals surface area (Å²) < 4.78 is 17.0. The van der Waals surface area contributed by atoms with E-state index in [0.717, 1.165) is 17.1 Å². The second-order valence-corrected chi connectivity index (χ2v) is 6.09. The molecule has 6 heteroatoms. The molecule has 0 aliphatic rings. The minimum atomic E-state index is -0.0712. The fourth-order valence-corrected chi connectivity index (χ4v) is 2.55. The minimum absolute atomic E-state index is 0.0712. The standard InChI is InChI=1S/C22H29N3O3/c1-5-14-27-19-11-7-6-10-18(19)16-25-22(23-3)24-15-17(2)28-21-13-9-8-12-20(21)26-4/h5-13,17H,1,14-16H2,2-4H3,(H2,23,24,25). The maximum absolute atomic E-state index is 5.96. The number of hydrogen-bond acceptors (Lipinski definition) is 4. The van der Waals surface area contributed by atoms with Crippen LogP contribution in [0.1, 0.15) is 12.5 Å². The Morgan fingerprint density at radius 3 is 2.43 bits per heavy atom. The predicted octanol–water partition coefficient (Wildman–Crippen LogP) is 3.39. The largest absolute Gasteiger partial charge is 0.493 e. The van der Waals surface area contributed by atoms with E-state index in [1.165, 1.54) is 0 Å². The summed E-state index contributed by atoms with van der Waals surface area (Å²) in [6.07, 6.45) is 1.66. The number of para-hydroxylation sites is 3. The summed E-state index contributed by atoms with van der Waals surface area (Å²) in [7, 11) is 3.37. The third-order valence-electron chi connectivity index (χ3n) is 3.95. The molecule has 0 bridgehead atoms. The van der Waals surface area contributed by atoms with Gasteiger partial charge in [-0.25, -0.2) is 0 Å². The normalized spacial score (nSPS) is 12.0. The van der Waals surface area contributed by atoms with Crippen molar-refractivity contribution in [1.29, 1.82) is 0 Å². The van der Waals surface area contributed by atoms with Gasteiger partial charge in [0.1, 0.15) is 18.5 Å². The second-order valence-electron chi connectivity index (χ2n) is 6.09. The van der Waals surface area contributed by atoms with Gasteiger partial charge in [-0.05, 0) is 25.1 Å². The number of guanidine groups is 1. The monoisotopic (exact) mass is 383 g/mol. The molecule has 0 amide bonds. The first-order valence-electron chi connectivity index (χ1n) is 9.23. The molecule has 1 unspecified atom stereocenters. The molecule has 1 atom stereocenters. The number of nitrogens with zero attached hydrogens (tertiary/aromatic N) is 1. The molecule has 0 radical (unpaired) electrons. The first-order chi connectivity index (χ1) is 13.7. The van der Waals surface area contributed by atoms with E-state index in [4.69, 9.17) is 14.2 Å². The molecule has 2 aromatic rings. The highest BCUT2D eigenvalue weighted by molar-refractivity contribution is 5.79. The van der Waals surface area contributed by atoms with E-state index in [9.17, 15) is 0 Å². The Balaban J connectivity index is 1.85. The van der Waals surface area contributed by atoms with Gasteiger partial charge in [0.05, 0.1) is 13.7 Å². The zero-order valence-corrected chi connectivity index (χ0v) is 16.8. The van der Waals surface area contributed by atoms with Crippen molar-refractivity contribution in [2.24, 2.45) is 4.99 Å². The lowest BCUT2D eigenvalue weighted by Crippen LogP contribution is -2.41. The SMILES string of the molecule is C=CCOc1ccccc1CNC(=NC)NCC(C)Oc1ccccc1OC. The molecule has 0 heterocycles. The number of nitrogens with one attached hydrogen (secondary N) is 2. The van der Waals surface area contributed by atoms with Gasteiger partial charge in [-0.1, -0.05) is 43.0 Å². The van der Waals surface area contributed by atoms with E-state index < -0.39 is 0 Å². The fourth-order valence-electron chi connectivity index (χ4n) is 2.55. The average Bonchev–Trinajstić information content (AvgIpc) is 2.73. The minimum Gasteiger partial charge on any atom is -0.493 e. The molecule has 0 fully saturated rings. The molecule has 0 aromatic heterocycles. The van der Waals surface area contributed by atoms with E-state index in [1.807, 2.05) is 55.5 Å². The van der Waals surface area contributed by atoms with E-state index >= 15 is 0 Å². The molecule has 6 nitrogen and oxygen atoms in total. The molecule has 0 aliphatic heterocycles. The van der Waals surface area contributed by atoms with Crippen molar-refractivity contribution in [3.63, 3.8) is 0 Å². The van der Waals surface area contributed by atoms with E-state index in [-0.39, 0.29) is 6.10 Å². The Morgan fingerprint density at radius 1 is 1.07 bits per heavy atom. The summed E-state index contributed by atoms with van der Waals surface area (Å²) in [6, 6.07) is 15.5. The van der Waals surface area contributed by atoms with Gasteiger partial charge in [-0.3, -0.25) is 4.99 Å². The highest BCUT2D eigenvalue weighted by Crippen LogP contribution is 2.26. The lowest BCUT2D eigenvalue weighted by molar-refractivity contribution is 0.213. The van der Waals surface area contributed by atoms with Crippen LogP contribution in [-0.4, -0.2) is 39.4 Å². The van der Waals surface area contributed by atoms with Gasteiger partial charge in [0.2, 0.25) is 0 Å². The summed E-state index contributed by atoms with van der Waals surface area (Å²) in [6.45, 7) is 7.33. The smallest absolute Gasteiger partial charge is 0.191 e. The molecule has 2 N–H and O–H groups in total. The summed E-state index contributed by atoms with van der Waals surface area (Å²) in [4.78, 5) is 4.26. The van der Waals surface area contributed by atoms with Gasteiger partial charge < -0.3 is 24.8 Å². The van der Waals surface area contributed by atoms with Gasteiger partial charge in [-0.2, -0.15) is 0 Å². The Hall–Kier alpha value is -3.15. The number of methoxy groups -OCH3 is 1. The maximum atomic E-state index is 5.96. The summed E-state index contributed by atoms with van der Waals surface area (Å²) in [5.74, 6) is 2.95. The zero-order valence-electron chi connectivity index (χ0n) is 16.8. The van der Waals surface area contributed by atoms with Gasteiger partial charge >= 0.3 is 0 Å². The fraction of sp³-hybridized carbons (Fsp3) is 0.318. The molecule has 150 valence electrons. The van der Waals surface area contributed by atoms with Crippen LogP contribution < -0.4 is 24.8 Å². The highest BCUT2D eigenvalue weighted by atomic mass is 16.5. The number of ether oxygens (including phenoxy) is 3. The Morgan fingerprint density at radius 2 is 1.75 bits per heavy atom. The first-order valence-corrected chi connectivity index (χ1v) is 9.23. The van der Waals surface area contributed by atoms with Crippen molar-refractivity contribution in [3.05, 3.63) is 66.7 Å².